The summed E-state index contributed by atoms with van der Waals surface area (Å²) in [4.78, 5) is 66.4. The number of phenols is 1. The molecule has 0 spiro atoms. The first kappa shape index (κ1) is 59.6. The number of aromatic hydroxyl groups is 1. The minimum absolute atomic E-state index is 0.0323. The van der Waals surface area contributed by atoms with E-state index < -0.39 is 23.5 Å². The number of primary amides is 1. The Morgan fingerprint density at radius 2 is 1.25 bits per heavy atom. The van der Waals surface area contributed by atoms with Crippen molar-refractivity contribution in [3.8, 4) is 5.75 Å². The fraction of sp³-hybridized carbons (Fsp3) is 0.455. The topological polar surface area (TPSA) is 278 Å². The summed E-state index contributed by atoms with van der Waals surface area (Å²) in [5.41, 5.74) is 10.00. The fourth-order valence-corrected chi connectivity index (χ4v) is 7.28. The Bertz CT molecular complexity index is 2670. The highest BCUT2D eigenvalue weighted by molar-refractivity contribution is 6.06. The van der Waals surface area contributed by atoms with Crippen molar-refractivity contribution in [1.29, 1.82) is 0 Å². The Balaban J connectivity index is 0.802. The summed E-state index contributed by atoms with van der Waals surface area (Å²) in [6.45, 7) is 13.7. The molecule has 410 valence electrons. The monoisotopic (exact) mass is 1050 g/mol. The van der Waals surface area contributed by atoms with Gasteiger partial charge in [-0.3, -0.25) is 24.5 Å². The maximum atomic E-state index is 13.0. The van der Waals surface area contributed by atoms with Gasteiger partial charge in [0.1, 0.15) is 17.0 Å². The van der Waals surface area contributed by atoms with Crippen LogP contribution in [0.15, 0.2) is 95.2 Å². The van der Waals surface area contributed by atoms with Crippen LogP contribution >= 0.6 is 0 Å². The van der Waals surface area contributed by atoms with Crippen LogP contribution in [0, 0.1) is 0 Å². The van der Waals surface area contributed by atoms with E-state index in [1.54, 1.807) is 75.4 Å². The summed E-state index contributed by atoms with van der Waals surface area (Å²) < 4.78 is 35.1. The van der Waals surface area contributed by atoms with Crippen LogP contribution in [-0.2, 0) is 52.6 Å². The van der Waals surface area contributed by atoms with Gasteiger partial charge < -0.3 is 59.8 Å². The number of hydrogen-bond donors (Lipinski definition) is 6. The van der Waals surface area contributed by atoms with Gasteiger partial charge in [0.2, 0.25) is 17.8 Å². The molecule has 0 aliphatic carbocycles. The van der Waals surface area contributed by atoms with Crippen molar-refractivity contribution >= 4 is 58.1 Å². The number of aryl methyl sites for hydroxylation is 2. The SMILES string of the molecule is CCCn1c(NC(=O)c2cccc(C(N)=O)c2)nc2ccc(CCC(=O)NCCCOCCOCCOCCOCCOCCCNC(=O)c3ccc(N=Nc4cc(CCNC(=O)OC(C)(C)C)ccc4O)cc3)cc21. The Kier molecular flexibility index (Phi) is 25.2. The summed E-state index contributed by atoms with van der Waals surface area (Å²) in [5, 5.41) is 30.0. The number of nitrogens with zero attached hydrogens (tertiary/aromatic N) is 4. The predicted molar refractivity (Wildman–Crippen MR) is 287 cm³/mol. The molecule has 21 heteroatoms. The average molecular weight is 1050 g/mol. The second-order valence-electron chi connectivity index (χ2n) is 18.4. The van der Waals surface area contributed by atoms with E-state index in [-0.39, 0.29) is 28.8 Å². The Morgan fingerprint density at radius 1 is 0.645 bits per heavy atom. The third-order valence-corrected chi connectivity index (χ3v) is 11.1. The molecule has 0 aliphatic rings. The number of ether oxygens (including phenoxy) is 6. The van der Waals surface area contributed by atoms with Crippen LogP contribution < -0.4 is 27.0 Å². The van der Waals surface area contributed by atoms with E-state index in [1.165, 1.54) is 12.1 Å². The van der Waals surface area contributed by atoms with Crippen molar-refractivity contribution in [3.63, 3.8) is 0 Å². The molecule has 1 aromatic heterocycles. The number of hydrogen-bond acceptors (Lipinski definition) is 15. The van der Waals surface area contributed by atoms with Crippen molar-refractivity contribution in [1.82, 2.24) is 25.5 Å². The second-order valence-corrected chi connectivity index (χ2v) is 18.4. The second kappa shape index (κ2) is 32.2. The van der Waals surface area contributed by atoms with Crippen LogP contribution in [0.3, 0.4) is 0 Å². The Hall–Kier alpha value is -7.30. The summed E-state index contributed by atoms with van der Waals surface area (Å²) >= 11 is 0. The summed E-state index contributed by atoms with van der Waals surface area (Å²) in [5.74, 6) is -0.921. The molecule has 0 aliphatic heterocycles. The number of carbonyl (C=O) groups excluding carboxylic acids is 5. The van der Waals surface area contributed by atoms with Crippen LogP contribution in [0.1, 0.15) is 95.6 Å². The third kappa shape index (κ3) is 21.9. The molecule has 0 unspecified atom stereocenters. The first-order valence-corrected chi connectivity index (χ1v) is 25.6. The third-order valence-electron chi connectivity index (χ3n) is 11.1. The molecule has 21 nitrogen and oxygen atoms in total. The van der Waals surface area contributed by atoms with Crippen molar-refractivity contribution in [2.45, 2.75) is 78.4 Å². The molecular weight excluding hydrogens is 979 g/mol. The minimum atomic E-state index is -0.614. The van der Waals surface area contributed by atoms with Crippen LogP contribution in [0.5, 0.6) is 5.75 Å². The number of nitrogens with one attached hydrogen (secondary N) is 4. The van der Waals surface area contributed by atoms with Gasteiger partial charge in [-0.25, -0.2) is 9.78 Å². The highest BCUT2D eigenvalue weighted by Gasteiger charge is 2.18. The molecule has 0 fully saturated rings. The maximum Gasteiger partial charge on any atom is 0.407 e. The van der Waals surface area contributed by atoms with Crippen molar-refractivity contribution in [2.75, 3.05) is 91.0 Å². The highest BCUT2D eigenvalue weighted by Crippen LogP contribution is 2.30. The van der Waals surface area contributed by atoms with Gasteiger partial charge in [-0.1, -0.05) is 25.1 Å². The number of alkyl carbamates (subject to hydrolysis) is 1. The number of azo groups is 1. The zero-order valence-electron chi connectivity index (χ0n) is 44.0. The van der Waals surface area contributed by atoms with Crippen molar-refractivity contribution < 1.29 is 57.5 Å². The fourth-order valence-electron chi connectivity index (χ4n) is 7.28. The molecule has 0 bridgehead atoms. The summed E-state index contributed by atoms with van der Waals surface area (Å²) in [6.07, 6.45) is 2.98. The quantitative estimate of drug-likeness (QED) is 0.0174. The van der Waals surface area contributed by atoms with E-state index in [1.807, 2.05) is 29.7 Å². The van der Waals surface area contributed by atoms with E-state index >= 15 is 0 Å². The molecule has 5 aromatic rings. The molecule has 7 N–H and O–H groups in total. The van der Waals surface area contributed by atoms with Gasteiger partial charge in [0, 0.05) is 62.5 Å². The zero-order chi connectivity index (χ0) is 54.5. The number of nitrogens with two attached hydrogens (primary N) is 1. The van der Waals surface area contributed by atoms with E-state index in [9.17, 15) is 29.1 Å². The van der Waals surface area contributed by atoms with Gasteiger partial charge in [0.25, 0.3) is 11.8 Å². The molecule has 1 heterocycles. The van der Waals surface area contributed by atoms with Crippen LogP contribution in [0.4, 0.5) is 22.1 Å². The largest absolute Gasteiger partial charge is 0.506 e. The minimum Gasteiger partial charge on any atom is -0.506 e. The van der Waals surface area contributed by atoms with Crippen molar-refractivity contribution in [3.05, 3.63) is 113 Å². The molecule has 5 amide bonds. The number of phenolic OH excluding ortho intramolecular Hbond substituents is 1. The number of benzene rings is 4. The lowest BCUT2D eigenvalue weighted by atomic mass is 10.1. The van der Waals surface area contributed by atoms with Gasteiger partial charge in [-0.15, -0.1) is 5.11 Å². The number of amides is 5. The van der Waals surface area contributed by atoms with Crippen molar-refractivity contribution in [2.24, 2.45) is 16.0 Å². The van der Waals surface area contributed by atoms with E-state index in [0.29, 0.717) is 147 Å². The molecule has 0 saturated carbocycles. The number of carbonyl (C=O) groups is 5. The van der Waals surface area contributed by atoms with Crippen LogP contribution in [0.25, 0.3) is 11.0 Å². The lowest BCUT2D eigenvalue weighted by molar-refractivity contribution is -0.121. The van der Waals surface area contributed by atoms with Gasteiger partial charge in [0.05, 0.1) is 69.6 Å². The smallest absolute Gasteiger partial charge is 0.407 e. The summed E-state index contributed by atoms with van der Waals surface area (Å²) in [7, 11) is 0. The average Bonchev–Trinajstić information content (AvgIpc) is 3.74. The number of imidazole rings is 1. The maximum absolute atomic E-state index is 13.0. The van der Waals surface area contributed by atoms with Crippen LogP contribution in [0.2, 0.25) is 0 Å². The predicted octanol–water partition coefficient (Wildman–Crippen LogP) is 7.33. The highest BCUT2D eigenvalue weighted by atomic mass is 16.6. The molecule has 76 heavy (non-hydrogen) atoms. The molecule has 0 atom stereocenters. The standard InChI is InChI=1S/C55H73N9O12/c1-5-25-64-47-37-39(11-18-45(47)60-53(64)61-52(69)43-10-6-9-42(38-43)50(56)67)13-20-49(66)57-22-7-26-71-28-30-73-32-34-75-35-33-74-31-29-72-27-8-23-58-51(68)41-14-16-44(17-15-41)62-63-46-36-40(12-19-48(46)65)21-24-59-54(70)76-55(2,3)4/h6,9-12,14-19,36-38,65H,5,7-8,13,20-35H2,1-4H3,(H2,56,67)(H,57,66)(H,58,68)(H,59,70)(H,60,61,69). The first-order chi connectivity index (χ1) is 36.7. The Morgan fingerprint density at radius 3 is 1.88 bits per heavy atom. The number of fused-ring (bicyclic) bond motifs is 1. The molecule has 0 saturated heterocycles. The molecule has 0 radical (unpaired) electrons. The Labute approximate surface area is 443 Å². The van der Waals surface area contributed by atoms with E-state index in [4.69, 9.17) is 34.2 Å². The molecule has 5 rings (SSSR count). The molecular formula is C55H73N9O12. The lowest BCUT2D eigenvalue weighted by Crippen LogP contribution is -2.33. The summed E-state index contributed by atoms with van der Waals surface area (Å²) in [6, 6.07) is 23.6. The van der Waals surface area contributed by atoms with Gasteiger partial charge in [0.15, 0.2) is 0 Å². The first-order valence-electron chi connectivity index (χ1n) is 25.6. The number of rotatable bonds is 34. The van der Waals surface area contributed by atoms with E-state index in [0.717, 1.165) is 28.6 Å². The van der Waals surface area contributed by atoms with Gasteiger partial charge in [-0.05, 0) is 131 Å². The number of aromatic nitrogens is 2. The zero-order valence-corrected chi connectivity index (χ0v) is 44.0. The van der Waals surface area contributed by atoms with E-state index in [2.05, 4.69) is 36.5 Å². The van der Waals surface area contributed by atoms with Crippen LogP contribution in [-0.4, -0.2) is 136 Å². The van der Waals surface area contributed by atoms with Gasteiger partial charge in [-0.2, -0.15) is 5.11 Å². The number of anilines is 1. The molecule has 4 aromatic carbocycles. The normalized spacial score (nSPS) is 11.5. The van der Waals surface area contributed by atoms with Gasteiger partial charge >= 0.3 is 6.09 Å². The lowest BCUT2D eigenvalue weighted by Gasteiger charge is -2.19.